The minimum Gasteiger partial charge on any atom is -0.493 e. The molecule has 0 atom stereocenters. The van der Waals surface area contributed by atoms with E-state index in [2.05, 4.69) is 4.98 Å². The number of halogens is 1. The van der Waals surface area contributed by atoms with Gasteiger partial charge in [0.25, 0.3) is 0 Å². The zero-order chi connectivity index (χ0) is 9.14. The van der Waals surface area contributed by atoms with E-state index in [1.165, 1.54) is 0 Å². The molecule has 4 nitrogen and oxygen atoms in total. The first-order chi connectivity index (χ1) is 5.65. The number of aromatic carboxylic acids is 1. The van der Waals surface area contributed by atoms with Crippen molar-refractivity contribution >= 4 is 5.97 Å². The Labute approximate surface area is 67.3 Å². The number of aromatic nitrogens is 1. The smallest absolute Gasteiger partial charge is 0.337 e. The molecule has 0 fully saturated rings. The predicted molar refractivity (Wildman–Crippen MR) is 37.7 cm³/mol. The van der Waals surface area contributed by atoms with E-state index in [1.807, 2.05) is 0 Å². The first-order valence-electron chi connectivity index (χ1n) is 3.12. The number of aromatic hydroxyl groups is 1. The predicted octanol–water partition coefficient (Wildman–Crippen LogP) is 0.955. The minimum atomic E-state index is -1.20. The van der Waals surface area contributed by atoms with E-state index in [1.54, 1.807) is 0 Å². The molecule has 0 radical (unpaired) electrons. The zero-order valence-electron chi connectivity index (χ0n) is 5.99. The molecule has 0 aliphatic carbocycles. The Hall–Kier alpha value is -1.65. The molecule has 0 unspecified atom stereocenters. The van der Waals surface area contributed by atoms with Crippen molar-refractivity contribution in [2.24, 2.45) is 0 Å². The van der Waals surface area contributed by atoms with Crippen LogP contribution < -0.4 is 0 Å². The highest BCUT2D eigenvalue weighted by Gasteiger charge is 2.08. The standard InChI is InChI=1S/C7H6FNO3/c8-2-4-1-5(7(11)12)3-9-6(4)10/h1,3H,2H2,(H,9,10)(H,11,12). The van der Waals surface area contributed by atoms with Crippen LogP contribution in [-0.2, 0) is 6.67 Å². The van der Waals surface area contributed by atoms with E-state index in [4.69, 9.17) is 10.2 Å². The number of pyridine rings is 1. The summed E-state index contributed by atoms with van der Waals surface area (Å²) < 4.78 is 12.0. The molecule has 1 aromatic rings. The van der Waals surface area contributed by atoms with Gasteiger partial charge in [0.2, 0.25) is 5.88 Å². The number of hydrogen-bond acceptors (Lipinski definition) is 3. The van der Waals surface area contributed by atoms with E-state index in [-0.39, 0.29) is 11.1 Å². The van der Waals surface area contributed by atoms with Gasteiger partial charge in [-0.1, -0.05) is 0 Å². The molecule has 1 aromatic heterocycles. The summed E-state index contributed by atoms with van der Waals surface area (Å²) in [5.41, 5.74) is -0.254. The van der Waals surface area contributed by atoms with Crippen molar-refractivity contribution in [1.29, 1.82) is 0 Å². The number of alkyl halides is 1. The van der Waals surface area contributed by atoms with Crippen molar-refractivity contribution in [3.05, 3.63) is 23.4 Å². The van der Waals surface area contributed by atoms with Crippen LogP contribution in [0.25, 0.3) is 0 Å². The molecule has 12 heavy (non-hydrogen) atoms. The Morgan fingerprint density at radius 3 is 2.83 bits per heavy atom. The van der Waals surface area contributed by atoms with Gasteiger partial charge >= 0.3 is 5.97 Å². The molecular weight excluding hydrogens is 165 g/mol. The van der Waals surface area contributed by atoms with Crippen LogP contribution in [0.1, 0.15) is 15.9 Å². The molecule has 0 aromatic carbocycles. The van der Waals surface area contributed by atoms with Crippen molar-refractivity contribution in [2.45, 2.75) is 6.67 Å². The van der Waals surface area contributed by atoms with E-state index in [0.717, 1.165) is 12.3 Å². The maximum atomic E-state index is 12.0. The van der Waals surface area contributed by atoms with Crippen molar-refractivity contribution in [3.63, 3.8) is 0 Å². The lowest BCUT2D eigenvalue weighted by molar-refractivity contribution is 0.0696. The van der Waals surface area contributed by atoms with Crippen molar-refractivity contribution in [3.8, 4) is 5.88 Å². The molecule has 1 heterocycles. The van der Waals surface area contributed by atoms with Crippen LogP contribution in [0, 0.1) is 0 Å². The summed E-state index contributed by atoms with van der Waals surface area (Å²) in [4.78, 5) is 13.6. The molecular formula is C7H6FNO3. The molecule has 2 N–H and O–H groups in total. The van der Waals surface area contributed by atoms with Gasteiger partial charge in [0.05, 0.1) is 5.56 Å². The normalized spacial score (nSPS) is 9.75. The lowest BCUT2D eigenvalue weighted by Crippen LogP contribution is -1.98. The lowest BCUT2D eigenvalue weighted by Gasteiger charge is -1.99. The third-order valence-corrected chi connectivity index (χ3v) is 1.33. The maximum Gasteiger partial charge on any atom is 0.337 e. The summed E-state index contributed by atoms with van der Waals surface area (Å²) in [6.07, 6.45) is 0.969. The molecule has 0 amide bonds. The third-order valence-electron chi connectivity index (χ3n) is 1.33. The van der Waals surface area contributed by atoms with E-state index >= 15 is 0 Å². The van der Waals surface area contributed by atoms with Crippen LogP contribution in [0.2, 0.25) is 0 Å². The second kappa shape index (κ2) is 3.17. The van der Waals surface area contributed by atoms with Gasteiger partial charge in [-0.3, -0.25) is 0 Å². The topological polar surface area (TPSA) is 70.4 Å². The van der Waals surface area contributed by atoms with Gasteiger partial charge in [0.1, 0.15) is 6.67 Å². The highest BCUT2D eigenvalue weighted by Crippen LogP contribution is 2.15. The monoisotopic (exact) mass is 171 g/mol. The highest BCUT2D eigenvalue weighted by molar-refractivity contribution is 5.87. The van der Waals surface area contributed by atoms with Crippen LogP contribution in [0.15, 0.2) is 12.3 Å². The number of rotatable bonds is 2. The Morgan fingerprint density at radius 2 is 2.33 bits per heavy atom. The van der Waals surface area contributed by atoms with E-state index < -0.39 is 18.5 Å². The quantitative estimate of drug-likeness (QED) is 0.695. The van der Waals surface area contributed by atoms with E-state index in [9.17, 15) is 9.18 Å². The van der Waals surface area contributed by atoms with Crippen LogP contribution in [0.5, 0.6) is 5.88 Å². The highest BCUT2D eigenvalue weighted by atomic mass is 19.1. The number of nitrogens with zero attached hydrogens (tertiary/aromatic N) is 1. The van der Waals surface area contributed by atoms with Crippen molar-refractivity contribution in [2.75, 3.05) is 0 Å². The summed E-state index contributed by atoms with van der Waals surface area (Å²) in [5, 5.41) is 17.3. The fourth-order valence-corrected chi connectivity index (χ4v) is 0.718. The molecule has 64 valence electrons. The molecule has 0 bridgehead atoms. The second-order valence-corrected chi connectivity index (χ2v) is 2.15. The summed E-state index contributed by atoms with van der Waals surface area (Å²) in [5.74, 6) is -1.67. The minimum absolute atomic E-state index is 0.116. The third kappa shape index (κ3) is 1.50. The summed E-state index contributed by atoms with van der Waals surface area (Å²) >= 11 is 0. The zero-order valence-corrected chi connectivity index (χ0v) is 5.99. The fraction of sp³-hybridized carbons (Fsp3) is 0.143. The van der Waals surface area contributed by atoms with Gasteiger partial charge in [-0.2, -0.15) is 0 Å². The van der Waals surface area contributed by atoms with Crippen LogP contribution in [0.4, 0.5) is 4.39 Å². The van der Waals surface area contributed by atoms with Gasteiger partial charge < -0.3 is 10.2 Å². The fourth-order valence-electron chi connectivity index (χ4n) is 0.718. The number of carboxylic acid groups (broad SMARTS) is 1. The van der Waals surface area contributed by atoms with Crippen molar-refractivity contribution < 1.29 is 19.4 Å². The van der Waals surface area contributed by atoms with Crippen LogP contribution >= 0.6 is 0 Å². The molecule has 0 aliphatic rings. The average molecular weight is 171 g/mol. The van der Waals surface area contributed by atoms with Crippen LogP contribution in [-0.4, -0.2) is 21.2 Å². The number of hydrogen-bond donors (Lipinski definition) is 2. The molecule has 5 heteroatoms. The summed E-state index contributed by atoms with van der Waals surface area (Å²) in [7, 11) is 0. The Balaban J connectivity index is 3.13. The molecule has 0 aliphatic heterocycles. The Bertz CT molecular complexity index is 314. The van der Waals surface area contributed by atoms with Gasteiger partial charge in [0.15, 0.2) is 0 Å². The lowest BCUT2D eigenvalue weighted by atomic mass is 10.2. The van der Waals surface area contributed by atoms with Gasteiger partial charge in [-0.15, -0.1) is 0 Å². The van der Waals surface area contributed by atoms with Crippen LogP contribution in [0.3, 0.4) is 0 Å². The molecule has 0 spiro atoms. The largest absolute Gasteiger partial charge is 0.493 e. The van der Waals surface area contributed by atoms with Gasteiger partial charge in [-0.05, 0) is 6.07 Å². The number of carboxylic acids is 1. The summed E-state index contributed by atoms with van der Waals surface area (Å²) in [6.45, 7) is -0.931. The second-order valence-electron chi connectivity index (χ2n) is 2.15. The molecule has 0 saturated heterocycles. The number of carbonyl (C=O) groups is 1. The first-order valence-corrected chi connectivity index (χ1v) is 3.12. The van der Waals surface area contributed by atoms with Gasteiger partial charge in [0, 0.05) is 11.8 Å². The maximum absolute atomic E-state index is 12.0. The summed E-state index contributed by atoms with van der Waals surface area (Å²) in [6, 6.07) is 1.05. The SMILES string of the molecule is O=C(O)c1cnc(O)c(CF)c1. The Kier molecular flexibility index (Phi) is 2.23. The van der Waals surface area contributed by atoms with Gasteiger partial charge in [-0.25, -0.2) is 14.2 Å². The molecule has 1 rings (SSSR count). The Morgan fingerprint density at radius 1 is 1.67 bits per heavy atom. The molecule has 0 saturated carbocycles. The van der Waals surface area contributed by atoms with Crippen molar-refractivity contribution in [1.82, 2.24) is 4.98 Å². The van der Waals surface area contributed by atoms with E-state index in [0.29, 0.717) is 0 Å². The first kappa shape index (κ1) is 8.45. The average Bonchev–Trinajstić information content (AvgIpc) is 2.05.